The van der Waals surface area contributed by atoms with Crippen LogP contribution < -0.4 is 10.6 Å². The number of carbonyl (C=O) groups is 1. The number of carbonyl (C=O) groups excluding carboxylic acids is 1. The minimum Gasteiger partial charge on any atom is -0.453 e. The van der Waals surface area contributed by atoms with Crippen LogP contribution in [0.5, 0.6) is 0 Å². The Morgan fingerprint density at radius 3 is 2.75 bits per heavy atom. The van der Waals surface area contributed by atoms with E-state index in [0.29, 0.717) is 24.0 Å². The van der Waals surface area contributed by atoms with Gasteiger partial charge in [0.2, 0.25) is 0 Å². The molecule has 0 aromatic carbocycles. The molecular weight excluding hydrogens is 200 g/mol. The Morgan fingerprint density at radius 2 is 2.06 bits per heavy atom. The number of furan rings is 1. The van der Waals surface area contributed by atoms with Gasteiger partial charge in [-0.05, 0) is 30.4 Å². The number of fused-ring (bicyclic) bond motifs is 2. The Bertz CT molecular complexity index is 470. The molecule has 1 aromatic heterocycles. The predicted molar refractivity (Wildman–Crippen MR) is 64.5 cm³/mol. The van der Waals surface area contributed by atoms with Crippen LogP contribution in [0.15, 0.2) is 10.5 Å². The predicted octanol–water partition coefficient (Wildman–Crippen LogP) is 2.11. The minimum atomic E-state index is 0.0925. The fourth-order valence-corrected chi connectivity index (χ4v) is 2.04. The molecule has 2 aliphatic rings. The highest BCUT2D eigenvalue weighted by Gasteiger charge is 2.35. The molecule has 0 radical (unpaired) electrons. The van der Waals surface area contributed by atoms with Gasteiger partial charge in [-0.1, -0.05) is 26.8 Å². The first-order valence-corrected chi connectivity index (χ1v) is 6.14. The fraction of sp³-hybridized carbons (Fsp3) is 0.500. The van der Waals surface area contributed by atoms with Crippen LogP contribution >= 0.6 is 0 Å². The Kier molecular flexibility index (Phi) is 2.99. The molecule has 2 heteroatoms. The van der Waals surface area contributed by atoms with Crippen LogP contribution in [-0.2, 0) is 0 Å². The zero-order valence-corrected chi connectivity index (χ0v) is 10.1. The first-order chi connectivity index (χ1) is 7.78. The summed E-state index contributed by atoms with van der Waals surface area (Å²) in [5.74, 6) is 2.00. The maximum Gasteiger partial charge on any atom is 0.197 e. The molecule has 3 rings (SSSR count). The van der Waals surface area contributed by atoms with Crippen molar-refractivity contribution in [3.05, 3.63) is 22.5 Å². The molecule has 1 fully saturated rings. The summed E-state index contributed by atoms with van der Waals surface area (Å²) in [4.78, 5) is 11.4. The molecule has 0 saturated heterocycles. The zero-order valence-electron chi connectivity index (χ0n) is 10.1. The van der Waals surface area contributed by atoms with Crippen molar-refractivity contribution in [3.63, 3.8) is 0 Å². The van der Waals surface area contributed by atoms with Crippen LogP contribution in [0.2, 0.25) is 0 Å². The van der Waals surface area contributed by atoms with E-state index in [1.54, 1.807) is 0 Å². The highest BCUT2D eigenvalue weighted by atomic mass is 16.3. The third kappa shape index (κ3) is 1.84. The highest BCUT2D eigenvalue weighted by Crippen LogP contribution is 2.41. The average molecular weight is 218 g/mol. The van der Waals surface area contributed by atoms with Gasteiger partial charge in [0.15, 0.2) is 11.5 Å². The number of Topliss-reactive ketones (excluding diaryl/α,β-unsaturated/α-hetero) is 1. The van der Waals surface area contributed by atoms with Crippen LogP contribution in [0, 0.1) is 11.8 Å². The molecule has 0 spiro atoms. The minimum absolute atomic E-state index is 0.0925. The lowest BCUT2D eigenvalue weighted by atomic mass is 10.1. The van der Waals surface area contributed by atoms with Gasteiger partial charge in [0, 0.05) is 11.6 Å². The van der Waals surface area contributed by atoms with Crippen molar-refractivity contribution in [2.75, 3.05) is 0 Å². The Labute approximate surface area is 95.7 Å². The summed E-state index contributed by atoms with van der Waals surface area (Å²) in [6, 6.07) is 1.88. The fourth-order valence-electron chi connectivity index (χ4n) is 2.04. The lowest BCUT2D eigenvalue weighted by Crippen LogP contribution is -2.22. The quantitative estimate of drug-likeness (QED) is 0.712. The van der Waals surface area contributed by atoms with Crippen LogP contribution in [-0.4, -0.2) is 5.78 Å². The molecule has 1 aromatic rings. The SMILES string of the molecule is CC.CCC(=O)c1cc2c(o1)=CC1CC1C=2. The van der Waals surface area contributed by atoms with Gasteiger partial charge in [-0.15, -0.1) is 0 Å². The maximum atomic E-state index is 11.4. The number of ketones is 1. The maximum absolute atomic E-state index is 11.4. The van der Waals surface area contributed by atoms with Crippen molar-refractivity contribution in [1.29, 1.82) is 0 Å². The summed E-state index contributed by atoms with van der Waals surface area (Å²) in [5.41, 5.74) is 0.903. The smallest absolute Gasteiger partial charge is 0.197 e. The highest BCUT2D eigenvalue weighted by molar-refractivity contribution is 5.93. The lowest BCUT2D eigenvalue weighted by Gasteiger charge is -1.90. The molecule has 86 valence electrons. The third-order valence-electron chi connectivity index (χ3n) is 3.04. The van der Waals surface area contributed by atoms with Gasteiger partial charge in [-0.25, -0.2) is 0 Å². The summed E-state index contributed by atoms with van der Waals surface area (Å²) < 4.78 is 5.52. The van der Waals surface area contributed by atoms with Crippen molar-refractivity contribution in [1.82, 2.24) is 0 Å². The van der Waals surface area contributed by atoms with E-state index in [2.05, 4.69) is 12.2 Å². The first kappa shape index (κ1) is 11.2. The van der Waals surface area contributed by atoms with E-state index in [1.807, 2.05) is 26.8 Å². The van der Waals surface area contributed by atoms with E-state index < -0.39 is 0 Å². The van der Waals surface area contributed by atoms with Gasteiger partial charge in [-0.3, -0.25) is 4.79 Å². The normalized spacial score (nSPS) is 23.9. The molecule has 2 unspecified atom stereocenters. The summed E-state index contributed by atoms with van der Waals surface area (Å²) >= 11 is 0. The molecule has 0 bridgehead atoms. The second-order valence-corrected chi connectivity index (χ2v) is 4.10. The molecule has 1 saturated carbocycles. The number of rotatable bonds is 2. The van der Waals surface area contributed by atoms with Gasteiger partial charge in [0.25, 0.3) is 0 Å². The summed E-state index contributed by atoms with van der Waals surface area (Å²) in [5, 5.41) is 1.11. The second kappa shape index (κ2) is 4.28. The molecule has 16 heavy (non-hydrogen) atoms. The molecule has 2 nitrogen and oxygen atoms in total. The number of hydrogen-bond donors (Lipinski definition) is 0. The second-order valence-electron chi connectivity index (χ2n) is 4.10. The van der Waals surface area contributed by atoms with Crippen LogP contribution in [0.25, 0.3) is 12.2 Å². The Balaban J connectivity index is 0.000000457. The molecule has 1 heterocycles. The zero-order chi connectivity index (χ0) is 11.7. The largest absolute Gasteiger partial charge is 0.453 e. The van der Waals surface area contributed by atoms with Gasteiger partial charge in [-0.2, -0.15) is 0 Å². The van der Waals surface area contributed by atoms with Crippen molar-refractivity contribution in [2.45, 2.75) is 33.6 Å². The monoisotopic (exact) mass is 218 g/mol. The van der Waals surface area contributed by atoms with Gasteiger partial charge in [0.1, 0.15) is 5.42 Å². The van der Waals surface area contributed by atoms with Gasteiger partial charge >= 0.3 is 0 Å². The third-order valence-corrected chi connectivity index (χ3v) is 3.04. The van der Waals surface area contributed by atoms with Crippen molar-refractivity contribution in [2.24, 2.45) is 11.8 Å². The van der Waals surface area contributed by atoms with Gasteiger partial charge in [0.05, 0.1) is 0 Å². The van der Waals surface area contributed by atoms with Crippen LogP contribution in [0.3, 0.4) is 0 Å². The summed E-state index contributed by atoms with van der Waals surface area (Å²) in [6.07, 6.45) is 6.16. The van der Waals surface area contributed by atoms with E-state index >= 15 is 0 Å². The van der Waals surface area contributed by atoms with E-state index in [1.165, 1.54) is 6.42 Å². The molecule has 2 aliphatic carbocycles. The molecule has 0 aliphatic heterocycles. The topological polar surface area (TPSA) is 30.2 Å². The van der Waals surface area contributed by atoms with Crippen molar-refractivity contribution in [3.8, 4) is 0 Å². The van der Waals surface area contributed by atoms with Crippen LogP contribution in [0.4, 0.5) is 0 Å². The number of hydrogen-bond acceptors (Lipinski definition) is 2. The summed E-state index contributed by atoms with van der Waals surface area (Å²) in [7, 11) is 0. The van der Waals surface area contributed by atoms with E-state index in [9.17, 15) is 4.79 Å². The van der Waals surface area contributed by atoms with Crippen LogP contribution in [0.1, 0.15) is 44.2 Å². The Morgan fingerprint density at radius 1 is 1.38 bits per heavy atom. The van der Waals surface area contributed by atoms with E-state index in [-0.39, 0.29) is 5.78 Å². The molecule has 2 atom stereocenters. The first-order valence-electron chi connectivity index (χ1n) is 6.14. The molecule has 0 amide bonds. The van der Waals surface area contributed by atoms with Crippen molar-refractivity contribution >= 4 is 17.9 Å². The lowest BCUT2D eigenvalue weighted by molar-refractivity contribution is 0.0960. The standard InChI is InChI=1S/C12H12O2.C2H6/c1-2-10(13)12-6-9-4-7-3-8(7)5-11(9)14-12;1-2/h4-8H,2-3H2,1H3;1-2H3. The van der Waals surface area contributed by atoms with Crippen molar-refractivity contribution < 1.29 is 9.21 Å². The average Bonchev–Trinajstić information content (AvgIpc) is 2.95. The molecular formula is C14H18O2. The summed E-state index contributed by atoms with van der Waals surface area (Å²) in [6.45, 7) is 5.86. The molecule has 0 N–H and O–H groups in total. The van der Waals surface area contributed by atoms with Gasteiger partial charge < -0.3 is 4.42 Å². The van der Waals surface area contributed by atoms with E-state index in [0.717, 1.165) is 10.6 Å². The van der Waals surface area contributed by atoms with E-state index in [4.69, 9.17) is 4.42 Å². The Hall–Kier alpha value is -1.31.